The highest BCUT2D eigenvalue weighted by molar-refractivity contribution is 6.14. The molecule has 2 aromatic carbocycles. The van der Waals surface area contributed by atoms with Crippen LogP contribution in [0, 0.1) is 0 Å². The largest absolute Gasteiger partial charge is 0.503 e. The average Bonchev–Trinajstić information content (AvgIpc) is 3.18. The van der Waals surface area contributed by atoms with Crippen molar-refractivity contribution in [2.45, 2.75) is 52.5 Å². The molecule has 1 aliphatic rings. The second-order valence-electron chi connectivity index (χ2n) is 9.28. The van der Waals surface area contributed by atoms with E-state index in [1.165, 1.54) is 6.08 Å². The molecule has 0 radical (unpaired) electrons. The van der Waals surface area contributed by atoms with E-state index in [4.69, 9.17) is 4.74 Å². The number of ether oxygens (including phenoxy) is 1. The van der Waals surface area contributed by atoms with Gasteiger partial charge in [0.15, 0.2) is 11.5 Å². The number of hydrogen-bond acceptors (Lipinski definition) is 5. The molecule has 1 amide bonds. The van der Waals surface area contributed by atoms with Gasteiger partial charge in [-0.3, -0.25) is 9.59 Å². The molecular weight excluding hydrogens is 464 g/mol. The Morgan fingerprint density at radius 2 is 1.70 bits per heavy atom. The van der Waals surface area contributed by atoms with E-state index in [-0.39, 0.29) is 11.4 Å². The zero-order valence-corrected chi connectivity index (χ0v) is 22.4. The monoisotopic (exact) mass is 504 g/mol. The van der Waals surface area contributed by atoms with Crippen molar-refractivity contribution >= 4 is 17.8 Å². The SMILES string of the molecule is CCCCCOc1ccc(C2C(C(=O)/C=C/c3ccccc3)=C(O)C(=O)N2CCCN(CC)CC)cc1. The van der Waals surface area contributed by atoms with Gasteiger partial charge < -0.3 is 19.6 Å². The van der Waals surface area contributed by atoms with Crippen LogP contribution >= 0.6 is 0 Å². The molecule has 0 fully saturated rings. The van der Waals surface area contributed by atoms with Gasteiger partial charge in [-0.25, -0.2) is 0 Å². The molecule has 0 aromatic heterocycles. The number of allylic oxidation sites excluding steroid dienone is 1. The van der Waals surface area contributed by atoms with Crippen LogP contribution in [0.3, 0.4) is 0 Å². The lowest BCUT2D eigenvalue weighted by atomic mass is 9.95. The molecule has 6 heteroatoms. The van der Waals surface area contributed by atoms with E-state index in [1.807, 2.05) is 54.6 Å². The smallest absolute Gasteiger partial charge is 0.290 e. The summed E-state index contributed by atoms with van der Waals surface area (Å²) in [5.41, 5.74) is 1.77. The second kappa shape index (κ2) is 14.4. The minimum absolute atomic E-state index is 0.122. The van der Waals surface area contributed by atoms with Gasteiger partial charge in [-0.2, -0.15) is 0 Å². The van der Waals surface area contributed by atoms with E-state index < -0.39 is 17.7 Å². The number of amides is 1. The molecule has 1 N–H and O–H groups in total. The Kier molecular flexibility index (Phi) is 11.0. The highest BCUT2D eigenvalue weighted by Gasteiger charge is 2.42. The Labute approximate surface area is 221 Å². The van der Waals surface area contributed by atoms with Crippen LogP contribution < -0.4 is 4.74 Å². The van der Waals surface area contributed by atoms with Gasteiger partial charge in [0.25, 0.3) is 5.91 Å². The van der Waals surface area contributed by atoms with E-state index in [1.54, 1.807) is 11.0 Å². The van der Waals surface area contributed by atoms with Gasteiger partial charge in [0, 0.05) is 6.54 Å². The molecule has 0 spiro atoms. The molecule has 1 unspecified atom stereocenters. The van der Waals surface area contributed by atoms with E-state index in [9.17, 15) is 14.7 Å². The summed E-state index contributed by atoms with van der Waals surface area (Å²) in [6.07, 6.45) is 7.15. The van der Waals surface area contributed by atoms with Crippen molar-refractivity contribution in [1.82, 2.24) is 9.80 Å². The summed E-state index contributed by atoms with van der Waals surface area (Å²) in [6.45, 7) is 10.2. The van der Waals surface area contributed by atoms with Gasteiger partial charge >= 0.3 is 0 Å². The third-order valence-corrected chi connectivity index (χ3v) is 6.78. The number of hydrogen-bond donors (Lipinski definition) is 1. The number of rotatable bonds is 15. The Bertz CT molecular complexity index is 1070. The van der Waals surface area contributed by atoms with Crippen molar-refractivity contribution in [3.8, 4) is 5.75 Å². The van der Waals surface area contributed by atoms with E-state index >= 15 is 0 Å². The molecule has 1 atom stereocenters. The maximum atomic E-state index is 13.3. The molecule has 0 saturated heterocycles. The van der Waals surface area contributed by atoms with Gasteiger partial charge in [0.1, 0.15) is 5.75 Å². The van der Waals surface area contributed by atoms with Crippen molar-refractivity contribution in [1.29, 1.82) is 0 Å². The minimum atomic E-state index is -0.647. The predicted octanol–water partition coefficient (Wildman–Crippen LogP) is 5.97. The highest BCUT2D eigenvalue weighted by atomic mass is 16.5. The zero-order chi connectivity index (χ0) is 26.6. The lowest BCUT2D eigenvalue weighted by molar-refractivity contribution is -0.129. The first-order valence-electron chi connectivity index (χ1n) is 13.5. The summed E-state index contributed by atoms with van der Waals surface area (Å²) in [5.74, 6) is -0.579. The van der Waals surface area contributed by atoms with Gasteiger partial charge in [0.05, 0.1) is 18.2 Å². The number of aliphatic hydroxyl groups excluding tert-OH is 1. The fraction of sp³-hybridized carbons (Fsp3) is 0.419. The van der Waals surface area contributed by atoms with Gasteiger partial charge in [-0.05, 0) is 61.8 Å². The lowest BCUT2D eigenvalue weighted by Crippen LogP contribution is -2.34. The fourth-order valence-corrected chi connectivity index (χ4v) is 4.60. The number of unbranched alkanes of at least 4 members (excludes halogenated alkanes) is 2. The summed E-state index contributed by atoms with van der Waals surface area (Å²) in [6, 6.07) is 16.4. The molecule has 198 valence electrons. The number of benzene rings is 2. The molecule has 3 rings (SSSR count). The number of carbonyl (C=O) groups is 2. The van der Waals surface area contributed by atoms with Crippen molar-refractivity contribution in [3.63, 3.8) is 0 Å². The lowest BCUT2D eigenvalue weighted by Gasteiger charge is -2.28. The fourth-order valence-electron chi connectivity index (χ4n) is 4.60. The second-order valence-corrected chi connectivity index (χ2v) is 9.28. The van der Waals surface area contributed by atoms with Crippen molar-refractivity contribution in [2.24, 2.45) is 0 Å². The summed E-state index contributed by atoms with van der Waals surface area (Å²) < 4.78 is 5.85. The van der Waals surface area contributed by atoms with Crippen LogP contribution in [-0.2, 0) is 9.59 Å². The summed E-state index contributed by atoms with van der Waals surface area (Å²) in [5, 5.41) is 10.8. The van der Waals surface area contributed by atoms with Crippen LogP contribution in [0.15, 0.2) is 72.0 Å². The third kappa shape index (κ3) is 7.56. The standard InChI is InChI=1S/C31H40N2O4/c1-4-7-11-23-37-26-18-16-25(17-19-26)29-28(27(34)20-15-24-13-9-8-10-14-24)30(35)31(36)33(29)22-12-21-32(5-2)6-3/h8-10,13-20,29,35H,4-7,11-12,21-23H2,1-3H3/b20-15+. The van der Waals surface area contributed by atoms with Gasteiger partial charge in [-0.15, -0.1) is 0 Å². The predicted molar refractivity (Wildman–Crippen MR) is 148 cm³/mol. The van der Waals surface area contributed by atoms with Crippen LogP contribution in [0.2, 0.25) is 0 Å². The first-order valence-corrected chi connectivity index (χ1v) is 13.5. The number of carbonyl (C=O) groups excluding carboxylic acids is 2. The summed E-state index contributed by atoms with van der Waals surface area (Å²) in [4.78, 5) is 30.4. The molecule has 37 heavy (non-hydrogen) atoms. The first kappa shape index (κ1) is 28.2. The Morgan fingerprint density at radius 3 is 2.35 bits per heavy atom. The normalized spacial score (nSPS) is 15.8. The molecular formula is C31H40N2O4. The quantitative estimate of drug-likeness (QED) is 0.239. The Hall–Kier alpha value is -3.38. The van der Waals surface area contributed by atoms with Crippen molar-refractivity contribution in [3.05, 3.63) is 83.1 Å². The third-order valence-electron chi connectivity index (χ3n) is 6.78. The van der Waals surface area contributed by atoms with Crippen LogP contribution in [0.5, 0.6) is 5.75 Å². The first-order chi connectivity index (χ1) is 18.0. The van der Waals surface area contributed by atoms with Crippen LogP contribution in [0.25, 0.3) is 6.08 Å². The van der Waals surface area contributed by atoms with Crippen LogP contribution in [-0.4, -0.2) is 59.4 Å². The average molecular weight is 505 g/mol. The van der Waals surface area contributed by atoms with E-state index in [2.05, 4.69) is 25.7 Å². The molecule has 1 aliphatic heterocycles. The maximum absolute atomic E-state index is 13.3. The molecule has 2 aromatic rings. The van der Waals surface area contributed by atoms with E-state index in [0.717, 1.165) is 62.2 Å². The molecule has 6 nitrogen and oxygen atoms in total. The number of ketones is 1. The zero-order valence-electron chi connectivity index (χ0n) is 22.4. The molecule has 0 bridgehead atoms. The Morgan fingerprint density at radius 1 is 1.00 bits per heavy atom. The van der Waals surface area contributed by atoms with Crippen molar-refractivity contribution < 1.29 is 19.4 Å². The van der Waals surface area contributed by atoms with Gasteiger partial charge in [0.2, 0.25) is 0 Å². The maximum Gasteiger partial charge on any atom is 0.290 e. The molecule has 1 heterocycles. The van der Waals surface area contributed by atoms with E-state index in [0.29, 0.717) is 13.2 Å². The highest BCUT2D eigenvalue weighted by Crippen LogP contribution is 2.38. The van der Waals surface area contributed by atoms with Crippen LogP contribution in [0.1, 0.15) is 63.6 Å². The van der Waals surface area contributed by atoms with Gasteiger partial charge in [-0.1, -0.05) is 82.2 Å². The minimum Gasteiger partial charge on any atom is -0.503 e. The summed E-state index contributed by atoms with van der Waals surface area (Å²) >= 11 is 0. The molecule has 0 saturated carbocycles. The number of nitrogens with zero attached hydrogens (tertiary/aromatic N) is 2. The number of aliphatic hydroxyl groups is 1. The molecule has 0 aliphatic carbocycles. The Balaban J connectivity index is 1.85. The topological polar surface area (TPSA) is 70.1 Å². The van der Waals surface area contributed by atoms with Crippen LogP contribution in [0.4, 0.5) is 0 Å². The van der Waals surface area contributed by atoms with Crippen molar-refractivity contribution in [2.75, 3.05) is 32.8 Å². The summed E-state index contributed by atoms with van der Waals surface area (Å²) in [7, 11) is 0.